The summed E-state index contributed by atoms with van der Waals surface area (Å²) < 4.78 is 0. The topological polar surface area (TPSA) is 20.3 Å². The monoisotopic (exact) mass is 195 g/mol. The Kier molecular flexibility index (Phi) is 3.22. The fourth-order valence-electron chi connectivity index (χ4n) is 2.47. The van der Waals surface area contributed by atoms with E-state index in [-0.39, 0.29) is 6.04 Å². The molecule has 0 spiro atoms. The number of rotatable bonds is 4. The van der Waals surface area contributed by atoms with Crippen molar-refractivity contribution in [2.24, 2.45) is 5.92 Å². The molecule has 1 atom stereocenters. The molecule has 1 aliphatic heterocycles. The van der Waals surface area contributed by atoms with E-state index < -0.39 is 0 Å². The van der Waals surface area contributed by atoms with Gasteiger partial charge >= 0.3 is 0 Å². The van der Waals surface area contributed by atoms with Gasteiger partial charge in [-0.05, 0) is 45.2 Å². The molecule has 0 aromatic carbocycles. The fourth-order valence-corrected chi connectivity index (χ4v) is 2.47. The highest BCUT2D eigenvalue weighted by Gasteiger charge is 2.28. The summed E-state index contributed by atoms with van der Waals surface area (Å²) in [5, 5.41) is 0. The Hall–Kier alpha value is -0.370. The molecule has 14 heavy (non-hydrogen) atoms. The van der Waals surface area contributed by atoms with Gasteiger partial charge in [-0.2, -0.15) is 0 Å². The summed E-state index contributed by atoms with van der Waals surface area (Å²) in [4.78, 5) is 13.8. The van der Waals surface area contributed by atoms with Crippen molar-refractivity contribution >= 4 is 5.78 Å². The maximum absolute atomic E-state index is 11.4. The van der Waals surface area contributed by atoms with E-state index in [1.165, 1.54) is 32.1 Å². The molecule has 2 fully saturated rings. The van der Waals surface area contributed by atoms with Gasteiger partial charge in [0.05, 0.1) is 6.04 Å². The molecule has 0 aromatic heterocycles. The molecule has 0 aromatic rings. The Labute approximate surface area is 86.7 Å². The average molecular weight is 195 g/mol. The highest BCUT2D eigenvalue weighted by atomic mass is 16.1. The van der Waals surface area contributed by atoms with Gasteiger partial charge < -0.3 is 0 Å². The van der Waals surface area contributed by atoms with Gasteiger partial charge in [-0.25, -0.2) is 0 Å². The molecule has 80 valence electrons. The molecule has 0 bridgehead atoms. The second-order valence-electron chi connectivity index (χ2n) is 4.89. The van der Waals surface area contributed by atoms with E-state index in [1.54, 1.807) is 6.92 Å². The number of carbonyl (C=O) groups is 1. The van der Waals surface area contributed by atoms with Gasteiger partial charge in [-0.1, -0.05) is 19.3 Å². The van der Waals surface area contributed by atoms with Crippen molar-refractivity contribution in [1.29, 1.82) is 0 Å². The van der Waals surface area contributed by atoms with Crippen molar-refractivity contribution in [3.8, 4) is 0 Å². The van der Waals surface area contributed by atoms with Crippen molar-refractivity contribution in [1.82, 2.24) is 4.90 Å². The van der Waals surface area contributed by atoms with Crippen molar-refractivity contribution in [2.75, 3.05) is 13.1 Å². The summed E-state index contributed by atoms with van der Waals surface area (Å²) in [6.07, 6.45) is 7.81. The SMILES string of the molecule is CC(=O)C1CCCCN1CCC1CC1. The zero-order valence-electron chi connectivity index (χ0n) is 9.17. The molecule has 0 N–H and O–H groups in total. The molecule has 2 rings (SSSR count). The van der Waals surface area contributed by atoms with Gasteiger partial charge in [0.1, 0.15) is 5.78 Å². The van der Waals surface area contributed by atoms with E-state index in [2.05, 4.69) is 4.90 Å². The van der Waals surface area contributed by atoms with Gasteiger partial charge in [0, 0.05) is 0 Å². The van der Waals surface area contributed by atoms with Crippen LogP contribution >= 0.6 is 0 Å². The summed E-state index contributed by atoms with van der Waals surface area (Å²) in [5.41, 5.74) is 0. The van der Waals surface area contributed by atoms with Gasteiger partial charge in [0.25, 0.3) is 0 Å². The predicted molar refractivity (Wildman–Crippen MR) is 57.2 cm³/mol. The van der Waals surface area contributed by atoms with E-state index in [0.29, 0.717) is 5.78 Å². The lowest BCUT2D eigenvalue weighted by molar-refractivity contribution is -0.123. The normalized spacial score (nSPS) is 29.1. The molecule has 0 amide bonds. The molecule has 1 aliphatic carbocycles. The van der Waals surface area contributed by atoms with Crippen LogP contribution < -0.4 is 0 Å². The molecule has 1 saturated heterocycles. The Morgan fingerprint density at radius 2 is 2.07 bits per heavy atom. The number of ketones is 1. The number of piperidine rings is 1. The largest absolute Gasteiger partial charge is 0.298 e. The van der Waals surface area contributed by atoms with E-state index >= 15 is 0 Å². The zero-order valence-corrected chi connectivity index (χ0v) is 9.17. The molecule has 0 radical (unpaired) electrons. The second kappa shape index (κ2) is 4.43. The molecule has 1 unspecified atom stereocenters. The molecule has 1 heterocycles. The molecule has 2 heteroatoms. The van der Waals surface area contributed by atoms with E-state index in [0.717, 1.165) is 25.4 Å². The minimum absolute atomic E-state index is 0.252. The van der Waals surface area contributed by atoms with Gasteiger partial charge in [-0.15, -0.1) is 0 Å². The van der Waals surface area contributed by atoms with E-state index in [1.807, 2.05) is 0 Å². The summed E-state index contributed by atoms with van der Waals surface area (Å²) >= 11 is 0. The molecule has 1 saturated carbocycles. The molecular weight excluding hydrogens is 174 g/mol. The molecule has 2 aliphatic rings. The van der Waals surface area contributed by atoms with Crippen LogP contribution in [0.1, 0.15) is 45.4 Å². The maximum atomic E-state index is 11.4. The van der Waals surface area contributed by atoms with E-state index in [9.17, 15) is 4.79 Å². The highest BCUT2D eigenvalue weighted by molar-refractivity contribution is 5.81. The van der Waals surface area contributed by atoms with Crippen LogP contribution in [0.3, 0.4) is 0 Å². The Bertz CT molecular complexity index is 210. The van der Waals surface area contributed by atoms with Crippen molar-refractivity contribution in [3.63, 3.8) is 0 Å². The number of hydrogen-bond acceptors (Lipinski definition) is 2. The quantitative estimate of drug-likeness (QED) is 0.685. The third-order valence-electron chi connectivity index (χ3n) is 3.60. The van der Waals surface area contributed by atoms with Crippen LogP contribution in [0.5, 0.6) is 0 Å². The van der Waals surface area contributed by atoms with Crippen LogP contribution in [0, 0.1) is 5.92 Å². The predicted octanol–water partition coefficient (Wildman–Crippen LogP) is 2.23. The lowest BCUT2D eigenvalue weighted by atomic mass is 9.99. The van der Waals surface area contributed by atoms with Crippen molar-refractivity contribution in [2.45, 2.75) is 51.5 Å². The van der Waals surface area contributed by atoms with Gasteiger partial charge in [0.2, 0.25) is 0 Å². The average Bonchev–Trinajstić information content (AvgIpc) is 2.98. The smallest absolute Gasteiger partial charge is 0.146 e. The number of Topliss-reactive ketones (excluding diaryl/α,β-unsaturated/α-hetero) is 1. The minimum Gasteiger partial charge on any atom is -0.298 e. The lowest BCUT2D eigenvalue weighted by Crippen LogP contribution is -2.44. The Balaban J connectivity index is 1.81. The Morgan fingerprint density at radius 1 is 1.29 bits per heavy atom. The molecular formula is C12H21NO. The summed E-state index contributed by atoms with van der Waals surface area (Å²) in [7, 11) is 0. The number of nitrogens with zero attached hydrogens (tertiary/aromatic N) is 1. The third kappa shape index (κ3) is 2.57. The van der Waals surface area contributed by atoms with Crippen molar-refractivity contribution < 1.29 is 4.79 Å². The van der Waals surface area contributed by atoms with Crippen LogP contribution in [0.4, 0.5) is 0 Å². The first-order valence-electron chi connectivity index (χ1n) is 6.02. The maximum Gasteiger partial charge on any atom is 0.146 e. The van der Waals surface area contributed by atoms with Crippen LogP contribution in [-0.2, 0) is 4.79 Å². The summed E-state index contributed by atoms with van der Waals surface area (Å²) in [6, 6.07) is 0.252. The van der Waals surface area contributed by atoms with Crippen LogP contribution in [-0.4, -0.2) is 29.8 Å². The van der Waals surface area contributed by atoms with E-state index in [4.69, 9.17) is 0 Å². The van der Waals surface area contributed by atoms with Gasteiger partial charge in [-0.3, -0.25) is 9.69 Å². The summed E-state index contributed by atoms with van der Waals surface area (Å²) in [6.45, 7) is 4.06. The standard InChI is InChI=1S/C12H21NO/c1-10(14)12-4-2-3-8-13(12)9-7-11-5-6-11/h11-12H,2-9H2,1H3. The first-order valence-corrected chi connectivity index (χ1v) is 6.02. The van der Waals surface area contributed by atoms with Crippen LogP contribution in [0.15, 0.2) is 0 Å². The first kappa shape index (κ1) is 10.2. The summed E-state index contributed by atoms with van der Waals surface area (Å²) in [5.74, 6) is 1.37. The zero-order chi connectivity index (χ0) is 9.97. The third-order valence-corrected chi connectivity index (χ3v) is 3.60. The first-order chi connectivity index (χ1) is 6.77. The molecule has 2 nitrogen and oxygen atoms in total. The van der Waals surface area contributed by atoms with Crippen LogP contribution in [0.2, 0.25) is 0 Å². The van der Waals surface area contributed by atoms with Gasteiger partial charge in [0.15, 0.2) is 0 Å². The minimum atomic E-state index is 0.252. The highest BCUT2D eigenvalue weighted by Crippen LogP contribution is 2.33. The number of likely N-dealkylation sites (tertiary alicyclic amines) is 1. The van der Waals surface area contributed by atoms with Crippen molar-refractivity contribution in [3.05, 3.63) is 0 Å². The Morgan fingerprint density at radius 3 is 2.71 bits per heavy atom. The second-order valence-corrected chi connectivity index (χ2v) is 4.89. The number of hydrogen-bond donors (Lipinski definition) is 0. The lowest BCUT2D eigenvalue weighted by Gasteiger charge is -2.34. The fraction of sp³-hybridized carbons (Fsp3) is 0.917. The number of carbonyl (C=O) groups excluding carboxylic acids is 1. The van der Waals surface area contributed by atoms with Crippen LogP contribution in [0.25, 0.3) is 0 Å².